The monoisotopic (exact) mass is 436 g/mol. The van der Waals surface area contributed by atoms with Crippen LogP contribution in [0.5, 0.6) is 0 Å². The SMILES string of the molecule is CC(C)C(=O)Nc1cccc(NCC(=O)Nc2cccc(C(=O)N3CCCCCC3)c2)c1. The van der Waals surface area contributed by atoms with Crippen LogP contribution in [-0.2, 0) is 9.59 Å². The number of nitrogens with one attached hydrogen (secondary N) is 3. The maximum absolute atomic E-state index is 12.8. The normalized spacial score (nSPS) is 13.9. The highest BCUT2D eigenvalue weighted by atomic mass is 16.2. The first-order chi connectivity index (χ1) is 15.4. The van der Waals surface area contributed by atoms with E-state index >= 15 is 0 Å². The van der Waals surface area contributed by atoms with Gasteiger partial charge in [0.25, 0.3) is 5.91 Å². The Balaban J connectivity index is 1.55. The van der Waals surface area contributed by atoms with Crippen LogP contribution in [0.15, 0.2) is 48.5 Å². The number of carbonyl (C=O) groups is 3. The minimum absolute atomic E-state index is 0.0152. The number of hydrogen-bond donors (Lipinski definition) is 3. The number of rotatable bonds is 7. The van der Waals surface area contributed by atoms with E-state index in [0.29, 0.717) is 16.9 Å². The van der Waals surface area contributed by atoms with Gasteiger partial charge < -0.3 is 20.9 Å². The fraction of sp³-hybridized carbons (Fsp3) is 0.400. The summed E-state index contributed by atoms with van der Waals surface area (Å²) < 4.78 is 0. The molecule has 0 atom stereocenters. The maximum Gasteiger partial charge on any atom is 0.253 e. The van der Waals surface area contributed by atoms with Crippen LogP contribution >= 0.6 is 0 Å². The fourth-order valence-electron chi connectivity index (χ4n) is 3.57. The van der Waals surface area contributed by atoms with Crippen LogP contribution < -0.4 is 16.0 Å². The highest BCUT2D eigenvalue weighted by molar-refractivity contribution is 5.98. The van der Waals surface area contributed by atoms with Crippen LogP contribution in [0.3, 0.4) is 0 Å². The molecule has 0 spiro atoms. The van der Waals surface area contributed by atoms with E-state index in [1.807, 2.05) is 30.9 Å². The van der Waals surface area contributed by atoms with Crippen LogP contribution in [0, 0.1) is 5.92 Å². The summed E-state index contributed by atoms with van der Waals surface area (Å²) in [4.78, 5) is 39.0. The zero-order chi connectivity index (χ0) is 22.9. The topological polar surface area (TPSA) is 90.5 Å². The lowest BCUT2D eigenvalue weighted by atomic mass is 10.1. The molecule has 0 aliphatic carbocycles. The molecule has 3 amide bonds. The Morgan fingerprint density at radius 1 is 0.844 bits per heavy atom. The fourth-order valence-corrected chi connectivity index (χ4v) is 3.57. The standard InChI is InChI=1S/C25H32N4O3/c1-18(2)24(31)28-22-12-8-10-20(16-22)26-17-23(30)27-21-11-7-9-19(15-21)25(32)29-13-5-3-4-6-14-29/h7-12,15-16,18,26H,3-6,13-14,17H2,1-2H3,(H,27,30)(H,28,31). The average Bonchev–Trinajstić information content (AvgIpc) is 3.07. The van der Waals surface area contributed by atoms with Crippen molar-refractivity contribution in [3.63, 3.8) is 0 Å². The van der Waals surface area contributed by atoms with E-state index in [2.05, 4.69) is 16.0 Å². The Kier molecular flexibility index (Phi) is 8.25. The summed E-state index contributed by atoms with van der Waals surface area (Å²) in [5.41, 5.74) is 2.59. The molecule has 1 heterocycles. The van der Waals surface area contributed by atoms with E-state index < -0.39 is 0 Å². The van der Waals surface area contributed by atoms with Crippen molar-refractivity contribution in [1.82, 2.24) is 4.90 Å². The second-order valence-corrected chi connectivity index (χ2v) is 8.41. The van der Waals surface area contributed by atoms with E-state index in [1.165, 1.54) is 12.8 Å². The van der Waals surface area contributed by atoms with Gasteiger partial charge in [0.1, 0.15) is 0 Å². The average molecular weight is 437 g/mol. The van der Waals surface area contributed by atoms with Crippen molar-refractivity contribution in [2.45, 2.75) is 39.5 Å². The first-order valence-corrected chi connectivity index (χ1v) is 11.3. The highest BCUT2D eigenvalue weighted by Gasteiger charge is 2.17. The molecule has 2 aromatic carbocycles. The van der Waals surface area contributed by atoms with Gasteiger partial charge in [0.2, 0.25) is 11.8 Å². The largest absolute Gasteiger partial charge is 0.376 e. The van der Waals surface area contributed by atoms with Crippen LogP contribution in [0.2, 0.25) is 0 Å². The number of amides is 3. The van der Waals surface area contributed by atoms with Crippen molar-refractivity contribution in [2.75, 3.05) is 35.6 Å². The number of benzene rings is 2. The predicted molar refractivity (Wildman–Crippen MR) is 128 cm³/mol. The summed E-state index contributed by atoms with van der Waals surface area (Å²) in [5.74, 6) is -0.378. The molecule has 0 aromatic heterocycles. The molecular formula is C25H32N4O3. The molecular weight excluding hydrogens is 404 g/mol. The van der Waals surface area contributed by atoms with Gasteiger partial charge in [0, 0.05) is 41.6 Å². The summed E-state index contributed by atoms with van der Waals surface area (Å²) in [7, 11) is 0. The molecule has 2 aromatic rings. The van der Waals surface area contributed by atoms with E-state index in [0.717, 1.165) is 31.6 Å². The highest BCUT2D eigenvalue weighted by Crippen LogP contribution is 2.18. The van der Waals surface area contributed by atoms with E-state index in [9.17, 15) is 14.4 Å². The molecule has 170 valence electrons. The van der Waals surface area contributed by atoms with Crippen molar-refractivity contribution in [3.8, 4) is 0 Å². The van der Waals surface area contributed by atoms with Crippen LogP contribution in [0.4, 0.5) is 17.1 Å². The van der Waals surface area contributed by atoms with Crippen LogP contribution in [0.1, 0.15) is 49.9 Å². The summed E-state index contributed by atoms with van der Waals surface area (Å²) in [6.45, 7) is 5.30. The summed E-state index contributed by atoms with van der Waals surface area (Å²) in [5, 5.41) is 8.75. The zero-order valence-corrected chi connectivity index (χ0v) is 18.8. The van der Waals surface area contributed by atoms with E-state index in [-0.39, 0.29) is 30.2 Å². The number of hydrogen-bond acceptors (Lipinski definition) is 4. The molecule has 1 aliphatic heterocycles. The van der Waals surface area contributed by atoms with Gasteiger partial charge in [0.05, 0.1) is 6.54 Å². The van der Waals surface area contributed by atoms with Crippen LogP contribution in [0.25, 0.3) is 0 Å². The van der Waals surface area contributed by atoms with Gasteiger partial charge in [-0.05, 0) is 49.2 Å². The van der Waals surface area contributed by atoms with E-state index in [4.69, 9.17) is 0 Å². The van der Waals surface area contributed by atoms with Gasteiger partial charge in [-0.1, -0.05) is 38.8 Å². The maximum atomic E-state index is 12.8. The lowest BCUT2D eigenvalue weighted by Gasteiger charge is -2.20. The summed E-state index contributed by atoms with van der Waals surface area (Å²) >= 11 is 0. The first kappa shape index (κ1) is 23.3. The van der Waals surface area contributed by atoms with Gasteiger partial charge in [-0.3, -0.25) is 14.4 Å². The van der Waals surface area contributed by atoms with Crippen molar-refractivity contribution in [3.05, 3.63) is 54.1 Å². The molecule has 3 N–H and O–H groups in total. The van der Waals surface area contributed by atoms with Crippen molar-refractivity contribution in [1.29, 1.82) is 0 Å². The third-order valence-electron chi connectivity index (χ3n) is 5.39. The van der Waals surface area contributed by atoms with Gasteiger partial charge in [0.15, 0.2) is 0 Å². The minimum Gasteiger partial charge on any atom is -0.376 e. The Hall–Kier alpha value is -3.35. The van der Waals surface area contributed by atoms with Crippen molar-refractivity contribution < 1.29 is 14.4 Å². The Bertz CT molecular complexity index is 950. The minimum atomic E-state index is -0.221. The second kappa shape index (κ2) is 11.3. The summed E-state index contributed by atoms with van der Waals surface area (Å²) in [6, 6.07) is 14.3. The number of likely N-dealkylation sites (tertiary alicyclic amines) is 1. The number of anilines is 3. The molecule has 0 bridgehead atoms. The van der Waals surface area contributed by atoms with Crippen LogP contribution in [-0.4, -0.2) is 42.3 Å². The van der Waals surface area contributed by atoms with Gasteiger partial charge in [-0.2, -0.15) is 0 Å². The molecule has 1 aliphatic rings. The molecule has 32 heavy (non-hydrogen) atoms. The lowest BCUT2D eigenvalue weighted by Crippen LogP contribution is -2.31. The lowest BCUT2D eigenvalue weighted by molar-refractivity contribution is -0.119. The number of nitrogens with zero attached hydrogens (tertiary/aromatic N) is 1. The second-order valence-electron chi connectivity index (χ2n) is 8.41. The molecule has 0 saturated carbocycles. The van der Waals surface area contributed by atoms with Crippen molar-refractivity contribution in [2.24, 2.45) is 5.92 Å². The predicted octanol–water partition coefficient (Wildman–Crippen LogP) is 4.35. The molecule has 7 nitrogen and oxygen atoms in total. The quantitative estimate of drug-likeness (QED) is 0.602. The molecule has 7 heteroatoms. The molecule has 0 unspecified atom stereocenters. The zero-order valence-electron chi connectivity index (χ0n) is 18.8. The molecule has 3 rings (SSSR count). The van der Waals surface area contributed by atoms with Gasteiger partial charge in [-0.25, -0.2) is 0 Å². The Morgan fingerprint density at radius 3 is 2.16 bits per heavy atom. The third kappa shape index (κ3) is 6.83. The smallest absolute Gasteiger partial charge is 0.253 e. The van der Waals surface area contributed by atoms with Gasteiger partial charge >= 0.3 is 0 Å². The van der Waals surface area contributed by atoms with E-state index in [1.54, 1.807) is 36.4 Å². The number of carbonyl (C=O) groups excluding carboxylic acids is 3. The Morgan fingerprint density at radius 2 is 1.47 bits per heavy atom. The Labute approximate surface area is 189 Å². The molecule has 1 fully saturated rings. The third-order valence-corrected chi connectivity index (χ3v) is 5.39. The molecule has 0 radical (unpaired) electrons. The van der Waals surface area contributed by atoms with Gasteiger partial charge in [-0.15, -0.1) is 0 Å². The van der Waals surface area contributed by atoms with Crippen molar-refractivity contribution >= 4 is 34.8 Å². The molecule has 1 saturated heterocycles. The summed E-state index contributed by atoms with van der Waals surface area (Å²) in [6.07, 6.45) is 4.41. The first-order valence-electron chi connectivity index (χ1n) is 11.3.